The highest BCUT2D eigenvalue weighted by molar-refractivity contribution is 6.08. The van der Waals surface area contributed by atoms with E-state index in [1.807, 2.05) is 18.0 Å². The smallest absolute Gasteiger partial charge is 0.238 e. The lowest BCUT2D eigenvalue weighted by molar-refractivity contribution is -0.125. The molecule has 0 aliphatic carbocycles. The standard InChI is InChI=1S/C21H31N3O2/c1-20(2,24-11-13-26-14-12-24)15-23-10-6-9-21(16-23)17-7-4-5-8-18(17)22(3)19(21)25/h4-5,7-8H,6,9-16H2,1-3H3. The van der Waals surface area contributed by atoms with Crippen molar-refractivity contribution in [2.24, 2.45) is 0 Å². The molecule has 1 aromatic carbocycles. The van der Waals surface area contributed by atoms with Gasteiger partial charge < -0.3 is 14.5 Å². The van der Waals surface area contributed by atoms with E-state index in [1.165, 1.54) is 5.56 Å². The summed E-state index contributed by atoms with van der Waals surface area (Å²) in [6.45, 7) is 11.2. The van der Waals surface area contributed by atoms with E-state index in [1.54, 1.807) is 0 Å². The summed E-state index contributed by atoms with van der Waals surface area (Å²) in [6, 6.07) is 8.35. The highest BCUT2D eigenvalue weighted by Gasteiger charge is 2.51. The van der Waals surface area contributed by atoms with Crippen molar-refractivity contribution in [3.8, 4) is 0 Å². The minimum atomic E-state index is -0.356. The van der Waals surface area contributed by atoms with E-state index < -0.39 is 0 Å². The van der Waals surface area contributed by atoms with Crippen LogP contribution in [-0.2, 0) is 14.9 Å². The van der Waals surface area contributed by atoms with Crippen molar-refractivity contribution in [3.05, 3.63) is 29.8 Å². The molecule has 2 fully saturated rings. The molecule has 2 saturated heterocycles. The monoisotopic (exact) mass is 357 g/mol. The Morgan fingerprint density at radius 3 is 2.65 bits per heavy atom. The number of anilines is 1. The van der Waals surface area contributed by atoms with Gasteiger partial charge in [0.15, 0.2) is 0 Å². The van der Waals surface area contributed by atoms with Crippen LogP contribution < -0.4 is 4.90 Å². The summed E-state index contributed by atoms with van der Waals surface area (Å²) in [5, 5.41) is 0. The number of nitrogens with zero attached hydrogens (tertiary/aromatic N) is 3. The SMILES string of the molecule is CN1C(=O)C2(CCCN(CC(C)(C)N3CCOCC3)C2)c2ccccc21. The summed E-state index contributed by atoms with van der Waals surface area (Å²) in [6.07, 6.45) is 2.04. The molecular formula is C21H31N3O2. The van der Waals surface area contributed by atoms with E-state index in [0.717, 1.165) is 64.5 Å². The highest BCUT2D eigenvalue weighted by Crippen LogP contribution is 2.46. The zero-order valence-corrected chi connectivity index (χ0v) is 16.3. The molecule has 5 heteroatoms. The minimum absolute atomic E-state index is 0.0926. The van der Waals surface area contributed by atoms with Crippen LogP contribution in [0, 0.1) is 0 Å². The fraction of sp³-hybridized carbons (Fsp3) is 0.667. The second kappa shape index (κ2) is 6.63. The molecule has 142 valence electrons. The third-order valence-electron chi connectivity index (χ3n) is 6.54. The molecule has 0 aromatic heterocycles. The van der Waals surface area contributed by atoms with Gasteiger partial charge in [0.25, 0.3) is 0 Å². The fourth-order valence-corrected chi connectivity index (χ4v) is 5.21. The molecule has 26 heavy (non-hydrogen) atoms. The van der Waals surface area contributed by atoms with Crippen LogP contribution in [0.4, 0.5) is 5.69 Å². The molecule has 0 N–H and O–H groups in total. The van der Waals surface area contributed by atoms with Gasteiger partial charge >= 0.3 is 0 Å². The van der Waals surface area contributed by atoms with Crippen LogP contribution in [-0.4, -0.2) is 74.2 Å². The molecule has 3 aliphatic rings. The number of carbonyl (C=O) groups is 1. The molecule has 0 radical (unpaired) electrons. The quantitative estimate of drug-likeness (QED) is 0.830. The first-order valence-electron chi connectivity index (χ1n) is 9.87. The Kier molecular flexibility index (Phi) is 4.58. The maximum atomic E-state index is 13.2. The predicted octanol–water partition coefficient (Wildman–Crippen LogP) is 2.11. The average Bonchev–Trinajstić information content (AvgIpc) is 2.85. The molecule has 5 nitrogen and oxygen atoms in total. The molecule has 3 heterocycles. The lowest BCUT2D eigenvalue weighted by atomic mass is 9.74. The van der Waals surface area contributed by atoms with Crippen molar-refractivity contribution in [2.75, 3.05) is 57.9 Å². The number of piperidine rings is 1. The summed E-state index contributed by atoms with van der Waals surface area (Å²) >= 11 is 0. The van der Waals surface area contributed by atoms with Crippen LogP contribution in [0.2, 0.25) is 0 Å². The van der Waals surface area contributed by atoms with Crippen LogP contribution in [0.1, 0.15) is 32.3 Å². The zero-order valence-electron chi connectivity index (χ0n) is 16.3. The molecule has 1 aromatic rings. The van der Waals surface area contributed by atoms with Crippen molar-refractivity contribution in [2.45, 2.75) is 37.6 Å². The Balaban J connectivity index is 1.55. The molecule has 3 aliphatic heterocycles. The van der Waals surface area contributed by atoms with Crippen molar-refractivity contribution < 1.29 is 9.53 Å². The van der Waals surface area contributed by atoms with E-state index in [2.05, 4.69) is 41.8 Å². The van der Waals surface area contributed by atoms with Crippen molar-refractivity contribution in [1.29, 1.82) is 0 Å². The van der Waals surface area contributed by atoms with Gasteiger partial charge in [-0.1, -0.05) is 18.2 Å². The van der Waals surface area contributed by atoms with Crippen LogP contribution in [0.25, 0.3) is 0 Å². The van der Waals surface area contributed by atoms with Crippen LogP contribution in [0.3, 0.4) is 0 Å². The molecule has 4 rings (SSSR count). The number of benzene rings is 1. The molecule has 0 saturated carbocycles. The van der Waals surface area contributed by atoms with E-state index in [4.69, 9.17) is 4.74 Å². The van der Waals surface area contributed by atoms with E-state index in [9.17, 15) is 4.79 Å². The van der Waals surface area contributed by atoms with Crippen molar-refractivity contribution in [1.82, 2.24) is 9.80 Å². The Morgan fingerprint density at radius 2 is 1.88 bits per heavy atom. The Bertz CT molecular complexity index is 684. The largest absolute Gasteiger partial charge is 0.379 e. The highest BCUT2D eigenvalue weighted by atomic mass is 16.5. The lowest BCUT2D eigenvalue weighted by Crippen LogP contribution is -2.59. The number of likely N-dealkylation sites (N-methyl/N-ethyl adjacent to an activating group) is 1. The zero-order chi connectivity index (χ0) is 18.4. The van der Waals surface area contributed by atoms with Gasteiger partial charge in [0, 0.05) is 44.5 Å². The normalized spacial score (nSPS) is 28.0. The van der Waals surface area contributed by atoms with E-state index in [0.29, 0.717) is 0 Å². The fourth-order valence-electron chi connectivity index (χ4n) is 5.21. The molecule has 1 atom stereocenters. The summed E-state index contributed by atoms with van der Waals surface area (Å²) < 4.78 is 5.52. The second-order valence-electron chi connectivity index (χ2n) is 8.69. The van der Waals surface area contributed by atoms with Gasteiger partial charge in [-0.3, -0.25) is 9.69 Å². The van der Waals surface area contributed by atoms with Gasteiger partial charge in [0.1, 0.15) is 0 Å². The summed E-state index contributed by atoms with van der Waals surface area (Å²) in [5.41, 5.74) is 2.05. The number of amides is 1. The van der Waals surface area contributed by atoms with Gasteiger partial charge in [-0.2, -0.15) is 0 Å². The Hall–Kier alpha value is -1.43. The summed E-state index contributed by atoms with van der Waals surface area (Å²) in [4.78, 5) is 20.1. The lowest BCUT2D eigenvalue weighted by Gasteiger charge is -2.47. The molecule has 1 amide bonds. The second-order valence-corrected chi connectivity index (χ2v) is 8.69. The van der Waals surface area contributed by atoms with Crippen LogP contribution in [0.5, 0.6) is 0 Å². The minimum Gasteiger partial charge on any atom is -0.379 e. The van der Waals surface area contributed by atoms with Gasteiger partial charge in [-0.25, -0.2) is 0 Å². The molecular weight excluding hydrogens is 326 g/mol. The molecule has 1 spiro atoms. The number of carbonyl (C=O) groups excluding carboxylic acids is 1. The van der Waals surface area contributed by atoms with Gasteiger partial charge in [-0.05, 0) is 44.9 Å². The first-order chi connectivity index (χ1) is 12.4. The van der Waals surface area contributed by atoms with Crippen LogP contribution in [0.15, 0.2) is 24.3 Å². The van der Waals surface area contributed by atoms with Crippen molar-refractivity contribution in [3.63, 3.8) is 0 Å². The predicted molar refractivity (Wildman–Crippen MR) is 104 cm³/mol. The maximum Gasteiger partial charge on any atom is 0.238 e. The number of rotatable bonds is 3. The average molecular weight is 357 g/mol. The van der Waals surface area contributed by atoms with E-state index >= 15 is 0 Å². The van der Waals surface area contributed by atoms with E-state index in [-0.39, 0.29) is 16.9 Å². The third kappa shape index (κ3) is 2.86. The molecule has 0 bridgehead atoms. The number of hydrogen-bond acceptors (Lipinski definition) is 4. The van der Waals surface area contributed by atoms with Crippen molar-refractivity contribution >= 4 is 11.6 Å². The third-order valence-corrected chi connectivity index (χ3v) is 6.54. The van der Waals surface area contributed by atoms with Gasteiger partial charge in [-0.15, -0.1) is 0 Å². The summed E-state index contributed by atoms with van der Waals surface area (Å²) in [5.74, 6) is 0.271. The number of likely N-dealkylation sites (tertiary alicyclic amines) is 1. The number of para-hydroxylation sites is 1. The number of morpholine rings is 1. The molecule has 1 unspecified atom stereocenters. The van der Waals surface area contributed by atoms with Gasteiger partial charge in [0.05, 0.1) is 18.6 Å². The maximum absolute atomic E-state index is 13.2. The number of ether oxygens (including phenoxy) is 1. The summed E-state index contributed by atoms with van der Waals surface area (Å²) in [7, 11) is 1.92. The first-order valence-corrected chi connectivity index (χ1v) is 9.87. The Morgan fingerprint density at radius 1 is 1.15 bits per heavy atom. The van der Waals surface area contributed by atoms with Gasteiger partial charge in [0.2, 0.25) is 5.91 Å². The number of hydrogen-bond donors (Lipinski definition) is 0. The Labute approximate surface area is 156 Å². The number of fused-ring (bicyclic) bond motifs is 2. The topological polar surface area (TPSA) is 36.0 Å². The van der Waals surface area contributed by atoms with Crippen LogP contribution >= 0.6 is 0 Å². The first kappa shape index (κ1) is 18.0.